The smallest absolute Gasteiger partial charge is 0.345 e. The number of hydrogen-bond acceptors (Lipinski definition) is 11. The molecule has 0 aliphatic rings. The molecule has 0 spiro atoms. The van der Waals surface area contributed by atoms with Crippen LogP contribution in [-0.4, -0.2) is 71.3 Å². The van der Waals surface area contributed by atoms with Gasteiger partial charge in [0, 0.05) is 46.8 Å². The lowest BCUT2D eigenvalue weighted by atomic mass is 10.1. The third-order valence-electron chi connectivity index (χ3n) is 4.96. The molecule has 0 fully saturated rings. The van der Waals surface area contributed by atoms with Crippen molar-refractivity contribution in [3.05, 3.63) is 58.7 Å². The second-order valence-electron chi connectivity index (χ2n) is 7.70. The lowest BCUT2D eigenvalue weighted by molar-refractivity contribution is -0.111. The highest BCUT2D eigenvalue weighted by atomic mass is 32.2. The normalized spacial score (nSPS) is 12.1. The number of thioether (sulfide) groups is 3. The van der Waals surface area contributed by atoms with Gasteiger partial charge in [-0.05, 0) is 29.8 Å². The minimum atomic E-state index is -0.585. The first kappa shape index (κ1) is 29.5. The lowest BCUT2D eigenvalue weighted by Crippen LogP contribution is -2.36. The summed E-state index contributed by atoms with van der Waals surface area (Å²) < 4.78 is 30.2. The van der Waals surface area contributed by atoms with E-state index >= 15 is 0 Å². The zero-order valence-corrected chi connectivity index (χ0v) is 22.7. The summed E-state index contributed by atoms with van der Waals surface area (Å²) in [6.07, 6.45) is 0. The van der Waals surface area contributed by atoms with Crippen LogP contribution in [0.4, 0.5) is 4.39 Å². The summed E-state index contributed by atoms with van der Waals surface area (Å²) in [6.45, 7) is 1.94. The molecule has 2 heterocycles. The second kappa shape index (κ2) is 16.0. The SMILES string of the molecule is NCC(N)C(=O)SCCSCCOCCSCCOc1ccc2cc(-c3cccc(F)c3)c(=O)oc2n1. The molecule has 0 bridgehead atoms. The maximum atomic E-state index is 13.5. The van der Waals surface area contributed by atoms with E-state index < -0.39 is 17.5 Å². The van der Waals surface area contributed by atoms with E-state index in [1.807, 2.05) is 0 Å². The second-order valence-corrected chi connectivity index (χ2v) is 11.2. The molecular weight excluding hydrogens is 537 g/mol. The fourth-order valence-corrected chi connectivity index (χ4v) is 5.47. The third kappa shape index (κ3) is 9.95. The maximum Gasteiger partial charge on any atom is 0.345 e. The Morgan fingerprint density at radius 3 is 2.54 bits per heavy atom. The van der Waals surface area contributed by atoms with Crippen molar-refractivity contribution in [2.75, 3.05) is 55.1 Å². The zero-order valence-electron chi connectivity index (χ0n) is 20.2. The summed E-state index contributed by atoms with van der Waals surface area (Å²) in [7, 11) is 0. The Kier molecular flexibility index (Phi) is 12.7. The monoisotopic (exact) mass is 567 g/mol. The Morgan fingerprint density at radius 1 is 1.03 bits per heavy atom. The van der Waals surface area contributed by atoms with E-state index in [0.29, 0.717) is 36.7 Å². The highest BCUT2D eigenvalue weighted by molar-refractivity contribution is 8.14. The summed E-state index contributed by atoms with van der Waals surface area (Å²) in [5, 5.41) is 0.568. The molecule has 1 unspecified atom stereocenters. The number of benzene rings is 1. The predicted octanol–water partition coefficient (Wildman–Crippen LogP) is 3.40. The molecule has 12 heteroatoms. The van der Waals surface area contributed by atoms with Crippen LogP contribution in [0, 0.1) is 5.82 Å². The minimum absolute atomic E-state index is 0.0559. The molecule has 0 saturated heterocycles. The molecule has 2 aromatic heterocycles. The van der Waals surface area contributed by atoms with Crippen LogP contribution in [0.2, 0.25) is 0 Å². The van der Waals surface area contributed by atoms with Gasteiger partial charge in [0.15, 0.2) is 0 Å². The van der Waals surface area contributed by atoms with Crippen molar-refractivity contribution in [2.24, 2.45) is 11.5 Å². The van der Waals surface area contributed by atoms with E-state index in [1.54, 1.807) is 53.9 Å². The largest absolute Gasteiger partial charge is 0.477 e. The summed E-state index contributed by atoms with van der Waals surface area (Å²) in [5.41, 5.74) is 11.3. The van der Waals surface area contributed by atoms with Crippen LogP contribution >= 0.6 is 35.3 Å². The molecule has 1 aromatic carbocycles. The summed E-state index contributed by atoms with van der Waals surface area (Å²) in [4.78, 5) is 28.2. The predicted molar refractivity (Wildman–Crippen MR) is 151 cm³/mol. The number of ether oxygens (including phenoxy) is 2. The van der Waals surface area contributed by atoms with E-state index in [2.05, 4.69) is 4.98 Å². The van der Waals surface area contributed by atoms with Gasteiger partial charge in [0.1, 0.15) is 5.82 Å². The highest BCUT2D eigenvalue weighted by Crippen LogP contribution is 2.22. The van der Waals surface area contributed by atoms with Crippen LogP contribution in [0.1, 0.15) is 0 Å². The molecule has 37 heavy (non-hydrogen) atoms. The zero-order chi connectivity index (χ0) is 26.5. The van der Waals surface area contributed by atoms with Gasteiger partial charge in [-0.3, -0.25) is 4.79 Å². The number of carbonyl (C=O) groups is 1. The van der Waals surface area contributed by atoms with Gasteiger partial charge >= 0.3 is 5.63 Å². The minimum Gasteiger partial charge on any atom is -0.477 e. The quantitative estimate of drug-likeness (QED) is 0.247. The van der Waals surface area contributed by atoms with Crippen LogP contribution < -0.4 is 21.8 Å². The van der Waals surface area contributed by atoms with E-state index in [-0.39, 0.29) is 22.9 Å². The number of fused-ring (bicyclic) bond motifs is 1. The van der Waals surface area contributed by atoms with Gasteiger partial charge in [-0.25, -0.2) is 9.18 Å². The fourth-order valence-electron chi connectivity index (χ4n) is 3.07. The standard InChI is InChI=1S/C25H30FN3O5S3/c26-19-3-1-2-17(14-19)20-15-18-4-5-22(29-23(18)34-24(20)30)33-8-11-35-9-6-32-7-10-36-12-13-37-25(31)21(28)16-27/h1-5,14-15,21H,6-13,16,27-28H2. The lowest BCUT2D eigenvalue weighted by Gasteiger charge is -2.08. The van der Waals surface area contributed by atoms with Gasteiger partial charge in [0.25, 0.3) is 0 Å². The Bertz CT molecular complexity index is 1210. The summed E-state index contributed by atoms with van der Waals surface area (Å²) >= 11 is 4.68. The van der Waals surface area contributed by atoms with Crippen molar-refractivity contribution < 1.29 is 23.1 Å². The molecule has 0 saturated carbocycles. The fraction of sp³-hybridized carbons (Fsp3) is 0.400. The van der Waals surface area contributed by atoms with Crippen LogP contribution in [0.15, 0.2) is 51.7 Å². The van der Waals surface area contributed by atoms with Crippen molar-refractivity contribution in [3.63, 3.8) is 0 Å². The molecule has 8 nitrogen and oxygen atoms in total. The Labute approximate surface area is 227 Å². The Hall–Kier alpha value is -2.09. The van der Waals surface area contributed by atoms with E-state index in [0.717, 1.165) is 28.8 Å². The first-order valence-electron chi connectivity index (χ1n) is 11.7. The van der Waals surface area contributed by atoms with Crippen LogP contribution in [0.3, 0.4) is 0 Å². The molecule has 0 radical (unpaired) electrons. The molecule has 200 valence electrons. The van der Waals surface area contributed by atoms with Gasteiger partial charge < -0.3 is 25.4 Å². The van der Waals surface area contributed by atoms with Crippen molar-refractivity contribution in [1.82, 2.24) is 4.98 Å². The highest BCUT2D eigenvalue weighted by Gasteiger charge is 2.12. The molecule has 1 atom stereocenters. The van der Waals surface area contributed by atoms with Gasteiger partial charge in [-0.15, -0.1) is 0 Å². The number of hydrogen-bond donors (Lipinski definition) is 2. The topological polar surface area (TPSA) is 131 Å². The molecule has 4 N–H and O–H groups in total. The molecule has 0 amide bonds. The van der Waals surface area contributed by atoms with Crippen LogP contribution in [0.5, 0.6) is 5.88 Å². The van der Waals surface area contributed by atoms with Gasteiger partial charge in [-0.2, -0.15) is 28.5 Å². The number of nitrogens with zero attached hydrogens (tertiary/aromatic N) is 1. The van der Waals surface area contributed by atoms with Crippen molar-refractivity contribution in [1.29, 1.82) is 0 Å². The number of carbonyl (C=O) groups excluding carboxylic acids is 1. The molecular formula is C25H30FN3O5S3. The van der Waals surface area contributed by atoms with E-state index in [1.165, 1.54) is 23.9 Å². The van der Waals surface area contributed by atoms with Gasteiger partial charge in [0.2, 0.25) is 16.7 Å². The summed E-state index contributed by atoms with van der Waals surface area (Å²) in [6, 6.07) is 10.3. The van der Waals surface area contributed by atoms with Crippen molar-refractivity contribution in [3.8, 4) is 17.0 Å². The van der Waals surface area contributed by atoms with Crippen LogP contribution in [-0.2, 0) is 9.53 Å². The average Bonchev–Trinajstić information content (AvgIpc) is 2.90. The summed E-state index contributed by atoms with van der Waals surface area (Å²) in [5.74, 6) is 4.01. The Balaban J connectivity index is 1.27. The third-order valence-corrected chi connectivity index (χ3v) is 8.07. The maximum absolute atomic E-state index is 13.5. The molecule has 0 aliphatic carbocycles. The molecule has 0 aliphatic heterocycles. The number of pyridine rings is 1. The molecule has 3 aromatic rings. The van der Waals surface area contributed by atoms with Crippen LogP contribution in [0.25, 0.3) is 22.2 Å². The van der Waals surface area contributed by atoms with Gasteiger partial charge in [-0.1, -0.05) is 23.9 Å². The first-order chi connectivity index (χ1) is 18.0. The first-order valence-corrected chi connectivity index (χ1v) is 15.0. The average molecular weight is 568 g/mol. The number of aromatic nitrogens is 1. The Morgan fingerprint density at radius 2 is 1.78 bits per heavy atom. The van der Waals surface area contributed by atoms with Crippen molar-refractivity contribution >= 4 is 51.5 Å². The molecule has 3 rings (SSSR count). The van der Waals surface area contributed by atoms with Crippen molar-refractivity contribution in [2.45, 2.75) is 6.04 Å². The van der Waals surface area contributed by atoms with E-state index in [9.17, 15) is 14.0 Å². The number of nitrogens with two attached hydrogens (primary N) is 2. The van der Waals surface area contributed by atoms with Gasteiger partial charge in [0.05, 0.1) is 31.4 Å². The number of rotatable bonds is 16. The van der Waals surface area contributed by atoms with E-state index in [4.69, 9.17) is 25.4 Å². The number of halogens is 1.